The molecule has 2 aromatic carbocycles. The molecule has 0 saturated heterocycles. The average molecular weight is 304 g/mol. The number of benzene rings is 2. The Kier molecular flexibility index (Phi) is 5.39. The van der Waals surface area contributed by atoms with Crippen molar-refractivity contribution in [3.05, 3.63) is 64.7 Å². The topological polar surface area (TPSA) is 66.0 Å². The Morgan fingerprint density at radius 2 is 1.74 bits per heavy atom. The first kappa shape index (κ1) is 16.1. The van der Waals surface area contributed by atoms with Crippen molar-refractivity contribution in [2.24, 2.45) is 0 Å². The van der Waals surface area contributed by atoms with E-state index in [9.17, 15) is 0 Å². The van der Waals surface area contributed by atoms with Gasteiger partial charge in [0, 0.05) is 0 Å². The summed E-state index contributed by atoms with van der Waals surface area (Å²) in [5.74, 6) is 1.17. The molecule has 2 rings (SSSR count). The van der Waals surface area contributed by atoms with Crippen molar-refractivity contribution >= 4 is 6.08 Å². The molecular weight excluding hydrogens is 288 g/mol. The van der Waals surface area contributed by atoms with E-state index in [1.807, 2.05) is 43.3 Å². The Morgan fingerprint density at radius 3 is 2.35 bits per heavy atom. The SMILES string of the molecule is COc1cc(C=C(C#N)C#N)ccc1OCc1ccc(C)cc1. The van der Waals surface area contributed by atoms with Gasteiger partial charge in [-0.1, -0.05) is 35.9 Å². The number of nitriles is 2. The molecule has 0 spiro atoms. The van der Waals surface area contributed by atoms with Crippen molar-refractivity contribution in [1.29, 1.82) is 10.5 Å². The number of methoxy groups -OCH3 is 1. The van der Waals surface area contributed by atoms with Gasteiger partial charge in [0.2, 0.25) is 0 Å². The van der Waals surface area contributed by atoms with Gasteiger partial charge in [-0.15, -0.1) is 0 Å². The van der Waals surface area contributed by atoms with Gasteiger partial charge in [-0.05, 0) is 36.3 Å². The first-order valence-electron chi connectivity index (χ1n) is 7.04. The minimum absolute atomic E-state index is 0.0420. The first-order chi connectivity index (χ1) is 11.2. The standard InChI is InChI=1S/C19H16N2O2/c1-14-3-5-15(6-4-14)13-23-18-8-7-16(10-19(18)22-2)9-17(11-20)12-21/h3-10H,13H2,1-2H3. The largest absolute Gasteiger partial charge is 0.493 e. The predicted octanol–water partition coefficient (Wildman–Crippen LogP) is 4.01. The third-order valence-electron chi connectivity index (χ3n) is 3.25. The Bertz CT molecular complexity index is 778. The van der Waals surface area contributed by atoms with Crippen LogP contribution in [0.15, 0.2) is 48.0 Å². The number of ether oxygens (including phenoxy) is 2. The number of hydrogen-bond donors (Lipinski definition) is 0. The number of allylic oxidation sites excluding steroid dienone is 1. The van der Waals surface area contributed by atoms with E-state index in [0.29, 0.717) is 23.7 Å². The highest BCUT2D eigenvalue weighted by Crippen LogP contribution is 2.29. The maximum absolute atomic E-state index is 8.80. The molecule has 114 valence electrons. The monoisotopic (exact) mass is 304 g/mol. The summed E-state index contributed by atoms with van der Waals surface area (Å²) >= 11 is 0. The fourth-order valence-corrected chi connectivity index (χ4v) is 1.99. The van der Waals surface area contributed by atoms with E-state index in [4.69, 9.17) is 20.0 Å². The average Bonchev–Trinajstić information content (AvgIpc) is 2.59. The molecule has 0 atom stereocenters. The van der Waals surface area contributed by atoms with Crippen LogP contribution in [0.2, 0.25) is 0 Å². The van der Waals surface area contributed by atoms with Gasteiger partial charge in [-0.3, -0.25) is 0 Å². The molecule has 0 aromatic heterocycles. The highest BCUT2D eigenvalue weighted by atomic mass is 16.5. The molecule has 4 nitrogen and oxygen atoms in total. The van der Waals surface area contributed by atoms with Crippen LogP contribution in [0.1, 0.15) is 16.7 Å². The van der Waals surface area contributed by atoms with E-state index >= 15 is 0 Å². The predicted molar refractivity (Wildman–Crippen MR) is 87.7 cm³/mol. The quantitative estimate of drug-likeness (QED) is 0.783. The van der Waals surface area contributed by atoms with Crippen LogP contribution in [0.3, 0.4) is 0 Å². The van der Waals surface area contributed by atoms with E-state index in [-0.39, 0.29) is 5.57 Å². The number of nitrogens with zero attached hydrogens (tertiary/aromatic N) is 2. The van der Waals surface area contributed by atoms with Gasteiger partial charge in [0.15, 0.2) is 11.5 Å². The van der Waals surface area contributed by atoms with Crippen molar-refractivity contribution in [3.8, 4) is 23.6 Å². The Labute approximate surface area is 135 Å². The smallest absolute Gasteiger partial charge is 0.161 e. The van der Waals surface area contributed by atoms with E-state index in [1.54, 1.807) is 25.3 Å². The summed E-state index contributed by atoms with van der Waals surface area (Å²) in [4.78, 5) is 0. The van der Waals surface area contributed by atoms with Crippen molar-refractivity contribution in [2.45, 2.75) is 13.5 Å². The second kappa shape index (κ2) is 7.68. The van der Waals surface area contributed by atoms with Gasteiger partial charge in [-0.25, -0.2) is 0 Å². The summed E-state index contributed by atoms with van der Waals surface area (Å²) < 4.78 is 11.1. The van der Waals surface area contributed by atoms with Crippen molar-refractivity contribution < 1.29 is 9.47 Å². The minimum Gasteiger partial charge on any atom is -0.493 e. The molecule has 0 saturated carbocycles. The molecule has 0 heterocycles. The molecule has 0 aliphatic rings. The van der Waals surface area contributed by atoms with Gasteiger partial charge < -0.3 is 9.47 Å². The molecule has 0 aliphatic heterocycles. The van der Waals surface area contributed by atoms with E-state index in [2.05, 4.69) is 0 Å². The van der Waals surface area contributed by atoms with E-state index in [1.165, 1.54) is 11.6 Å². The Hall–Kier alpha value is -3.24. The number of rotatable bonds is 5. The molecular formula is C19H16N2O2. The molecule has 0 aliphatic carbocycles. The zero-order valence-corrected chi connectivity index (χ0v) is 13.0. The molecule has 0 N–H and O–H groups in total. The lowest BCUT2D eigenvalue weighted by Gasteiger charge is -2.11. The highest BCUT2D eigenvalue weighted by molar-refractivity contribution is 5.64. The van der Waals surface area contributed by atoms with Gasteiger partial charge in [0.1, 0.15) is 24.3 Å². The number of aryl methyl sites for hydroxylation is 1. The van der Waals surface area contributed by atoms with Crippen molar-refractivity contribution in [2.75, 3.05) is 7.11 Å². The lowest BCUT2D eigenvalue weighted by atomic mass is 10.1. The highest BCUT2D eigenvalue weighted by Gasteiger charge is 2.06. The van der Waals surface area contributed by atoms with Crippen LogP contribution >= 0.6 is 0 Å². The fourth-order valence-electron chi connectivity index (χ4n) is 1.99. The van der Waals surface area contributed by atoms with Crippen LogP contribution in [0, 0.1) is 29.6 Å². The van der Waals surface area contributed by atoms with Crippen LogP contribution in [-0.2, 0) is 6.61 Å². The summed E-state index contributed by atoms with van der Waals surface area (Å²) in [6.07, 6.45) is 1.51. The zero-order chi connectivity index (χ0) is 16.7. The zero-order valence-electron chi connectivity index (χ0n) is 13.0. The lowest BCUT2D eigenvalue weighted by molar-refractivity contribution is 0.284. The lowest BCUT2D eigenvalue weighted by Crippen LogP contribution is -1.98. The third-order valence-corrected chi connectivity index (χ3v) is 3.25. The fraction of sp³-hybridized carbons (Fsp3) is 0.158. The second-order valence-corrected chi connectivity index (χ2v) is 4.97. The summed E-state index contributed by atoms with van der Waals surface area (Å²) in [5, 5.41) is 17.6. The third kappa shape index (κ3) is 4.36. The van der Waals surface area contributed by atoms with Gasteiger partial charge >= 0.3 is 0 Å². The summed E-state index contributed by atoms with van der Waals surface area (Å²) in [5.41, 5.74) is 3.02. The van der Waals surface area contributed by atoms with Crippen LogP contribution in [-0.4, -0.2) is 7.11 Å². The normalized spacial score (nSPS) is 9.39. The number of hydrogen-bond acceptors (Lipinski definition) is 4. The maximum atomic E-state index is 8.80. The molecule has 0 radical (unpaired) electrons. The summed E-state index contributed by atoms with van der Waals surface area (Å²) in [7, 11) is 1.55. The molecule has 0 amide bonds. The van der Waals surface area contributed by atoms with E-state index < -0.39 is 0 Å². The van der Waals surface area contributed by atoms with E-state index in [0.717, 1.165) is 5.56 Å². The molecule has 4 heteroatoms. The van der Waals surface area contributed by atoms with Crippen LogP contribution in [0.4, 0.5) is 0 Å². The van der Waals surface area contributed by atoms with Gasteiger partial charge in [0.05, 0.1) is 7.11 Å². The molecule has 0 unspecified atom stereocenters. The second-order valence-electron chi connectivity index (χ2n) is 4.97. The van der Waals surface area contributed by atoms with Gasteiger partial charge in [-0.2, -0.15) is 10.5 Å². The molecule has 0 fully saturated rings. The Balaban J connectivity index is 2.17. The van der Waals surface area contributed by atoms with Crippen molar-refractivity contribution in [3.63, 3.8) is 0 Å². The van der Waals surface area contributed by atoms with Gasteiger partial charge in [0.25, 0.3) is 0 Å². The molecule has 23 heavy (non-hydrogen) atoms. The summed E-state index contributed by atoms with van der Waals surface area (Å²) in [6.45, 7) is 2.48. The van der Waals surface area contributed by atoms with Crippen molar-refractivity contribution in [1.82, 2.24) is 0 Å². The molecule has 2 aromatic rings. The summed E-state index contributed by atoms with van der Waals surface area (Å²) in [6, 6.07) is 17.1. The maximum Gasteiger partial charge on any atom is 0.161 e. The minimum atomic E-state index is 0.0420. The first-order valence-corrected chi connectivity index (χ1v) is 7.04. The van der Waals surface area contributed by atoms with Crippen LogP contribution < -0.4 is 9.47 Å². The van der Waals surface area contributed by atoms with Crippen LogP contribution in [0.5, 0.6) is 11.5 Å². The molecule has 0 bridgehead atoms. The van der Waals surface area contributed by atoms with Crippen LogP contribution in [0.25, 0.3) is 6.08 Å². The Morgan fingerprint density at radius 1 is 1.04 bits per heavy atom.